The number of carbonyl (C=O) groups excluding carboxylic acids is 1. The summed E-state index contributed by atoms with van der Waals surface area (Å²) in [7, 11) is 1.71. The summed E-state index contributed by atoms with van der Waals surface area (Å²) in [5.41, 5.74) is 6.95. The molecule has 1 aromatic carbocycles. The topological polar surface area (TPSA) is 64.8 Å². The molecule has 2 rings (SSSR count). The Bertz CT molecular complexity index is 498. The Hall–Kier alpha value is -1.30. The molecule has 1 fully saturated rings. The number of benzene rings is 1. The second kappa shape index (κ2) is 9.75. The largest absolute Gasteiger partial charge is 0.493 e. The van der Waals surface area contributed by atoms with E-state index in [1.807, 2.05) is 36.1 Å². The highest BCUT2D eigenvalue weighted by atomic mass is 35.5. The van der Waals surface area contributed by atoms with E-state index in [0.29, 0.717) is 26.1 Å². The van der Waals surface area contributed by atoms with Gasteiger partial charge in [-0.15, -0.1) is 12.4 Å². The van der Waals surface area contributed by atoms with E-state index in [-0.39, 0.29) is 30.5 Å². The van der Waals surface area contributed by atoms with Gasteiger partial charge in [-0.05, 0) is 37.5 Å². The number of nitrogens with zero attached hydrogens (tertiary/aromatic N) is 1. The number of piperidine rings is 1. The molecule has 130 valence electrons. The number of halogens is 1. The normalized spacial score (nSPS) is 20.7. The summed E-state index contributed by atoms with van der Waals surface area (Å²) in [5.74, 6) is 0.916. The fourth-order valence-electron chi connectivity index (χ4n) is 2.89. The third-order valence-corrected chi connectivity index (χ3v) is 4.17. The monoisotopic (exact) mass is 342 g/mol. The zero-order valence-corrected chi connectivity index (χ0v) is 14.7. The van der Waals surface area contributed by atoms with Crippen molar-refractivity contribution in [1.29, 1.82) is 0 Å². The molecule has 0 radical (unpaired) electrons. The van der Waals surface area contributed by atoms with Crippen LogP contribution in [-0.2, 0) is 9.53 Å². The van der Waals surface area contributed by atoms with Gasteiger partial charge in [0.1, 0.15) is 5.75 Å². The Morgan fingerprint density at radius 2 is 2.22 bits per heavy atom. The Kier molecular flexibility index (Phi) is 8.37. The number of hydrogen-bond acceptors (Lipinski definition) is 4. The Labute approximate surface area is 144 Å². The van der Waals surface area contributed by atoms with Crippen LogP contribution in [0.15, 0.2) is 24.3 Å². The first-order chi connectivity index (χ1) is 10.6. The minimum Gasteiger partial charge on any atom is -0.493 e. The number of aryl methyl sites for hydroxylation is 1. The maximum atomic E-state index is 12.4. The lowest BCUT2D eigenvalue weighted by Gasteiger charge is -2.38. The standard InChI is InChI=1S/C17H26N2O3.ClH/c1-13-4-3-5-16(10-13)22-9-7-17(20)19-8-6-15(21-2)11-14(19)12-18;/h3-5,10,14-15H,6-9,11-12,18H2,1-2H3;1H. The minimum atomic E-state index is 0. The van der Waals surface area contributed by atoms with Crippen LogP contribution >= 0.6 is 12.4 Å². The van der Waals surface area contributed by atoms with Gasteiger partial charge in [0.25, 0.3) is 0 Å². The zero-order valence-electron chi connectivity index (χ0n) is 13.9. The van der Waals surface area contributed by atoms with Crippen molar-refractivity contribution in [2.45, 2.75) is 38.3 Å². The van der Waals surface area contributed by atoms with Crippen LogP contribution in [0.4, 0.5) is 0 Å². The van der Waals surface area contributed by atoms with Crippen molar-refractivity contribution < 1.29 is 14.3 Å². The lowest BCUT2D eigenvalue weighted by atomic mass is 9.99. The fraction of sp³-hybridized carbons (Fsp3) is 0.588. The van der Waals surface area contributed by atoms with Crippen molar-refractivity contribution in [1.82, 2.24) is 4.90 Å². The molecule has 1 heterocycles. The summed E-state index contributed by atoms with van der Waals surface area (Å²) in [5, 5.41) is 0. The first-order valence-electron chi connectivity index (χ1n) is 7.86. The van der Waals surface area contributed by atoms with Crippen molar-refractivity contribution in [2.24, 2.45) is 5.73 Å². The number of ether oxygens (including phenoxy) is 2. The summed E-state index contributed by atoms with van der Waals surface area (Å²) in [6, 6.07) is 7.92. The average Bonchev–Trinajstić information content (AvgIpc) is 2.54. The highest BCUT2D eigenvalue weighted by Gasteiger charge is 2.30. The first-order valence-corrected chi connectivity index (χ1v) is 7.86. The van der Waals surface area contributed by atoms with E-state index >= 15 is 0 Å². The molecule has 23 heavy (non-hydrogen) atoms. The molecule has 1 aromatic rings. The molecule has 1 aliphatic rings. The summed E-state index contributed by atoms with van der Waals surface area (Å²) in [6.45, 7) is 3.60. The van der Waals surface area contributed by atoms with Crippen molar-refractivity contribution in [3.63, 3.8) is 0 Å². The molecule has 0 aliphatic carbocycles. The molecule has 1 amide bonds. The SMILES string of the molecule is COC1CCN(C(=O)CCOc2cccc(C)c2)C(CN)C1.Cl. The molecule has 0 aromatic heterocycles. The lowest BCUT2D eigenvalue weighted by Crippen LogP contribution is -2.51. The van der Waals surface area contributed by atoms with Crippen molar-refractivity contribution in [3.8, 4) is 5.75 Å². The minimum absolute atomic E-state index is 0. The van der Waals surface area contributed by atoms with E-state index in [4.69, 9.17) is 15.2 Å². The quantitative estimate of drug-likeness (QED) is 0.860. The molecule has 0 saturated carbocycles. The van der Waals surface area contributed by atoms with E-state index in [9.17, 15) is 4.79 Å². The van der Waals surface area contributed by atoms with Crippen molar-refractivity contribution in [3.05, 3.63) is 29.8 Å². The molecule has 5 nitrogen and oxygen atoms in total. The van der Waals surface area contributed by atoms with E-state index in [2.05, 4.69) is 0 Å². The van der Waals surface area contributed by atoms with E-state index in [0.717, 1.165) is 24.2 Å². The Morgan fingerprint density at radius 3 is 2.87 bits per heavy atom. The van der Waals surface area contributed by atoms with E-state index in [1.165, 1.54) is 0 Å². The maximum absolute atomic E-state index is 12.4. The smallest absolute Gasteiger partial charge is 0.226 e. The van der Waals surface area contributed by atoms with Gasteiger partial charge in [0.2, 0.25) is 5.91 Å². The van der Waals surface area contributed by atoms with Gasteiger partial charge in [-0.2, -0.15) is 0 Å². The molecule has 6 heteroatoms. The summed E-state index contributed by atoms with van der Waals surface area (Å²) in [4.78, 5) is 14.3. The molecule has 0 spiro atoms. The highest BCUT2D eigenvalue weighted by molar-refractivity contribution is 5.85. The van der Waals surface area contributed by atoms with Gasteiger partial charge in [-0.1, -0.05) is 12.1 Å². The number of methoxy groups -OCH3 is 1. The maximum Gasteiger partial charge on any atom is 0.226 e. The van der Waals surface area contributed by atoms with Gasteiger partial charge in [0.15, 0.2) is 0 Å². The zero-order chi connectivity index (χ0) is 15.9. The van der Waals surface area contributed by atoms with Crippen LogP contribution < -0.4 is 10.5 Å². The van der Waals surface area contributed by atoms with E-state index in [1.54, 1.807) is 7.11 Å². The lowest BCUT2D eigenvalue weighted by molar-refractivity contribution is -0.137. The number of rotatable bonds is 6. The van der Waals surface area contributed by atoms with Crippen LogP contribution in [0.25, 0.3) is 0 Å². The number of nitrogens with two attached hydrogens (primary N) is 1. The molecule has 0 bridgehead atoms. The second-order valence-electron chi connectivity index (χ2n) is 5.77. The molecular formula is C17H27ClN2O3. The van der Waals surface area contributed by atoms with Crippen molar-refractivity contribution >= 4 is 18.3 Å². The predicted molar refractivity (Wildman–Crippen MR) is 93.1 cm³/mol. The van der Waals surface area contributed by atoms with Gasteiger partial charge in [0, 0.05) is 26.2 Å². The fourth-order valence-corrected chi connectivity index (χ4v) is 2.89. The Balaban J connectivity index is 0.00000264. The first kappa shape index (κ1) is 19.7. The molecule has 2 unspecified atom stereocenters. The summed E-state index contributed by atoms with van der Waals surface area (Å²) >= 11 is 0. The third-order valence-electron chi connectivity index (χ3n) is 4.17. The van der Waals surface area contributed by atoms with Gasteiger partial charge < -0.3 is 20.1 Å². The van der Waals surface area contributed by atoms with Crippen LogP contribution in [0.2, 0.25) is 0 Å². The summed E-state index contributed by atoms with van der Waals surface area (Å²) in [6.07, 6.45) is 2.28. The molecule has 1 aliphatic heterocycles. The van der Waals surface area contributed by atoms with Crippen LogP contribution in [0.3, 0.4) is 0 Å². The molecular weight excluding hydrogens is 316 g/mol. The van der Waals surface area contributed by atoms with Crippen molar-refractivity contribution in [2.75, 3.05) is 26.8 Å². The van der Waals surface area contributed by atoms with Crippen LogP contribution in [0, 0.1) is 6.92 Å². The Morgan fingerprint density at radius 1 is 1.43 bits per heavy atom. The predicted octanol–water partition coefficient (Wildman–Crippen LogP) is 2.15. The average molecular weight is 343 g/mol. The second-order valence-corrected chi connectivity index (χ2v) is 5.77. The van der Waals surface area contributed by atoms with Crippen LogP contribution in [0.1, 0.15) is 24.8 Å². The van der Waals surface area contributed by atoms with Gasteiger partial charge in [-0.3, -0.25) is 4.79 Å². The van der Waals surface area contributed by atoms with Gasteiger partial charge in [-0.25, -0.2) is 0 Å². The van der Waals surface area contributed by atoms with Crippen LogP contribution in [-0.4, -0.2) is 49.8 Å². The molecule has 2 atom stereocenters. The third kappa shape index (κ3) is 5.68. The highest BCUT2D eigenvalue weighted by Crippen LogP contribution is 2.20. The van der Waals surface area contributed by atoms with E-state index < -0.39 is 0 Å². The van der Waals surface area contributed by atoms with Gasteiger partial charge in [0.05, 0.1) is 19.1 Å². The number of amides is 1. The summed E-state index contributed by atoms with van der Waals surface area (Å²) < 4.78 is 11.0. The van der Waals surface area contributed by atoms with Crippen LogP contribution in [0.5, 0.6) is 5.75 Å². The number of likely N-dealkylation sites (tertiary alicyclic amines) is 1. The molecule has 1 saturated heterocycles. The number of carbonyl (C=O) groups is 1. The van der Waals surface area contributed by atoms with Gasteiger partial charge >= 0.3 is 0 Å². The molecule has 2 N–H and O–H groups in total. The number of hydrogen-bond donors (Lipinski definition) is 1.